The van der Waals surface area contributed by atoms with E-state index in [0.29, 0.717) is 5.13 Å². The van der Waals surface area contributed by atoms with Crippen molar-refractivity contribution < 1.29 is 4.79 Å². The van der Waals surface area contributed by atoms with E-state index in [1.165, 1.54) is 11.3 Å². The molecule has 0 saturated carbocycles. The molecule has 1 N–H and O–H groups in total. The molecule has 0 radical (unpaired) electrons. The average Bonchev–Trinajstić information content (AvgIpc) is 3.20. The minimum Gasteiger partial charge on any atom is -0.328 e. The number of amides is 1. The van der Waals surface area contributed by atoms with Crippen LogP contribution in [0.25, 0.3) is 11.3 Å². The Kier molecular flexibility index (Phi) is 4.01. The van der Waals surface area contributed by atoms with E-state index >= 15 is 0 Å². The normalized spacial score (nSPS) is 10.8. The SMILES string of the molecule is CCn1ncc(-c2csc(NC(=O)Cn3ccnc3)n2)c1C. The van der Waals surface area contributed by atoms with Gasteiger partial charge in [-0.3, -0.25) is 9.48 Å². The molecule has 0 aliphatic carbocycles. The first kappa shape index (κ1) is 14.5. The van der Waals surface area contributed by atoms with Crippen LogP contribution in [0.2, 0.25) is 0 Å². The van der Waals surface area contributed by atoms with Gasteiger partial charge in [0.15, 0.2) is 5.13 Å². The van der Waals surface area contributed by atoms with Crippen molar-refractivity contribution in [1.29, 1.82) is 0 Å². The molecule has 0 aromatic carbocycles. The number of carbonyl (C=O) groups is 1. The van der Waals surface area contributed by atoms with E-state index in [9.17, 15) is 4.79 Å². The minimum absolute atomic E-state index is 0.125. The van der Waals surface area contributed by atoms with E-state index in [-0.39, 0.29) is 12.5 Å². The second-order valence-electron chi connectivity index (χ2n) is 4.78. The molecule has 0 spiro atoms. The van der Waals surface area contributed by atoms with Gasteiger partial charge >= 0.3 is 0 Å². The zero-order valence-corrected chi connectivity index (χ0v) is 13.2. The third-order valence-corrected chi connectivity index (χ3v) is 4.07. The van der Waals surface area contributed by atoms with Gasteiger partial charge in [-0.05, 0) is 13.8 Å². The highest BCUT2D eigenvalue weighted by atomic mass is 32.1. The minimum atomic E-state index is -0.125. The molecule has 22 heavy (non-hydrogen) atoms. The fraction of sp³-hybridized carbons (Fsp3) is 0.286. The van der Waals surface area contributed by atoms with Gasteiger partial charge in [0.2, 0.25) is 5.91 Å². The van der Waals surface area contributed by atoms with Crippen LogP contribution >= 0.6 is 11.3 Å². The lowest BCUT2D eigenvalue weighted by Gasteiger charge is -2.02. The summed E-state index contributed by atoms with van der Waals surface area (Å²) in [6.07, 6.45) is 6.80. The smallest absolute Gasteiger partial charge is 0.246 e. The number of nitrogens with one attached hydrogen (secondary N) is 1. The van der Waals surface area contributed by atoms with Crippen molar-refractivity contribution in [2.45, 2.75) is 26.9 Å². The first-order valence-corrected chi connectivity index (χ1v) is 7.79. The Hall–Kier alpha value is -2.48. The molecular weight excluding hydrogens is 300 g/mol. The van der Waals surface area contributed by atoms with Crippen molar-refractivity contribution in [2.24, 2.45) is 0 Å². The summed E-state index contributed by atoms with van der Waals surface area (Å²) in [6.45, 7) is 5.11. The topological polar surface area (TPSA) is 77.6 Å². The van der Waals surface area contributed by atoms with E-state index in [4.69, 9.17) is 0 Å². The fourth-order valence-corrected chi connectivity index (χ4v) is 2.90. The number of hydrogen-bond acceptors (Lipinski definition) is 5. The predicted octanol–water partition coefficient (Wildman–Crippen LogP) is 2.17. The number of aryl methyl sites for hydroxylation is 1. The number of rotatable bonds is 5. The maximum absolute atomic E-state index is 11.9. The number of thiazole rings is 1. The van der Waals surface area contributed by atoms with Crippen LogP contribution in [0.15, 0.2) is 30.3 Å². The summed E-state index contributed by atoms with van der Waals surface area (Å²) in [5.41, 5.74) is 2.90. The molecule has 0 bridgehead atoms. The van der Waals surface area contributed by atoms with Gasteiger partial charge in [-0.1, -0.05) is 0 Å². The molecule has 3 aromatic heterocycles. The Morgan fingerprint density at radius 1 is 1.45 bits per heavy atom. The van der Waals surface area contributed by atoms with Crippen LogP contribution in [0, 0.1) is 6.92 Å². The molecule has 0 fully saturated rings. The lowest BCUT2D eigenvalue weighted by atomic mass is 10.2. The largest absolute Gasteiger partial charge is 0.328 e. The van der Waals surface area contributed by atoms with Gasteiger partial charge in [-0.2, -0.15) is 5.10 Å². The number of carbonyl (C=O) groups excluding carboxylic acids is 1. The van der Waals surface area contributed by atoms with Gasteiger partial charge in [0.1, 0.15) is 6.54 Å². The summed E-state index contributed by atoms with van der Waals surface area (Å²) in [6, 6.07) is 0. The first-order valence-electron chi connectivity index (χ1n) is 6.91. The molecule has 3 heterocycles. The van der Waals surface area contributed by atoms with Crippen molar-refractivity contribution in [3.05, 3.63) is 36.0 Å². The summed E-state index contributed by atoms with van der Waals surface area (Å²) in [4.78, 5) is 20.3. The highest BCUT2D eigenvalue weighted by Crippen LogP contribution is 2.27. The van der Waals surface area contributed by atoms with Crippen LogP contribution in [0.1, 0.15) is 12.6 Å². The maximum atomic E-state index is 11.9. The highest BCUT2D eigenvalue weighted by molar-refractivity contribution is 7.14. The third kappa shape index (κ3) is 2.91. The van der Waals surface area contributed by atoms with Crippen LogP contribution in [-0.2, 0) is 17.9 Å². The number of imidazole rings is 1. The maximum Gasteiger partial charge on any atom is 0.246 e. The van der Waals surface area contributed by atoms with E-state index in [0.717, 1.165) is 23.5 Å². The van der Waals surface area contributed by atoms with Crippen LogP contribution in [0.3, 0.4) is 0 Å². The zero-order valence-electron chi connectivity index (χ0n) is 12.4. The van der Waals surface area contributed by atoms with Gasteiger partial charge < -0.3 is 9.88 Å². The van der Waals surface area contributed by atoms with E-state index in [2.05, 4.69) is 20.4 Å². The van der Waals surface area contributed by atoms with Gasteiger partial charge in [-0.25, -0.2) is 9.97 Å². The molecule has 0 aliphatic rings. The summed E-state index contributed by atoms with van der Waals surface area (Å²) in [7, 11) is 0. The molecular formula is C14H16N6OS. The summed E-state index contributed by atoms with van der Waals surface area (Å²) in [5, 5.41) is 9.63. The lowest BCUT2D eigenvalue weighted by Crippen LogP contribution is -2.17. The molecule has 0 saturated heterocycles. The zero-order chi connectivity index (χ0) is 15.5. The average molecular weight is 316 g/mol. The number of hydrogen-bond donors (Lipinski definition) is 1. The lowest BCUT2D eigenvalue weighted by molar-refractivity contribution is -0.116. The van der Waals surface area contributed by atoms with Gasteiger partial charge in [-0.15, -0.1) is 11.3 Å². The highest BCUT2D eigenvalue weighted by Gasteiger charge is 2.12. The molecule has 0 aliphatic heterocycles. The first-order chi connectivity index (χ1) is 10.7. The summed E-state index contributed by atoms with van der Waals surface area (Å²) in [5.74, 6) is -0.125. The van der Waals surface area contributed by atoms with Crippen molar-refractivity contribution in [2.75, 3.05) is 5.32 Å². The Morgan fingerprint density at radius 2 is 2.32 bits per heavy atom. The molecule has 0 atom stereocenters. The quantitative estimate of drug-likeness (QED) is 0.782. The fourth-order valence-electron chi connectivity index (χ4n) is 2.18. The molecule has 0 unspecified atom stereocenters. The van der Waals surface area contributed by atoms with Crippen molar-refractivity contribution in [3.63, 3.8) is 0 Å². The molecule has 8 heteroatoms. The van der Waals surface area contributed by atoms with Gasteiger partial charge in [0.25, 0.3) is 0 Å². The van der Waals surface area contributed by atoms with Crippen LogP contribution in [0.4, 0.5) is 5.13 Å². The van der Waals surface area contributed by atoms with Crippen molar-refractivity contribution in [1.82, 2.24) is 24.3 Å². The van der Waals surface area contributed by atoms with E-state index in [1.807, 2.05) is 30.1 Å². The van der Waals surface area contributed by atoms with E-state index in [1.54, 1.807) is 23.3 Å². The Labute approximate surface area is 131 Å². The standard InChI is InChI=1S/C14H16N6OS/c1-3-20-10(2)11(6-16-20)12-8-22-14(17-12)18-13(21)7-19-5-4-15-9-19/h4-6,8-9H,3,7H2,1-2H3,(H,17,18,21). The van der Waals surface area contributed by atoms with Gasteiger partial charge in [0.05, 0.1) is 18.2 Å². The van der Waals surface area contributed by atoms with Gasteiger partial charge in [0, 0.05) is 35.6 Å². The molecule has 3 aromatic rings. The molecule has 1 amide bonds. The third-order valence-electron chi connectivity index (χ3n) is 3.31. The second kappa shape index (κ2) is 6.10. The number of aromatic nitrogens is 5. The monoisotopic (exact) mass is 316 g/mol. The summed E-state index contributed by atoms with van der Waals surface area (Å²) < 4.78 is 3.63. The number of nitrogens with zero attached hydrogens (tertiary/aromatic N) is 5. The molecule has 114 valence electrons. The second-order valence-corrected chi connectivity index (χ2v) is 5.64. The molecule has 3 rings (SSSR count). The Bertz CT molecular complexity index is 773. The number of anilines is 1. The van der Waals surface area contributed by atoms with E-state index < -0.39 is 0 Å². The molecule has 7 nitrogen and oxygen atoms in total. The Balaban J connectivity index is 1.70. The summed E-state index contributed by atoms with van der Waals surface area (Å²) >= 11 is 1.41. The van der Waals surface area contributed by atoms with Crippen LogP contribution in [0.5, 0.6) is 0 Å². The van der Waals surface area contributed by atoms with Crippen molar-refractivity contribution >= 4 is 22.4 Å². The van der Waals surface area contributed by atoms with Crippen LogP contribution < -0.4 is 5.32 Å². The van der Waals surface area contributed by atoms with Crippen LogP contribution in [-0.4, -0.2) is 30.2 Å². The Morgan fingerprint density at radius 3 is 3.00 bits per heavy atom. The van der Waals surface area contributed by atoms with Crippen molar-refractivity contribution in [3.8, 4) is 11.3 Å². The predicted molar refractivity (Wildman–Crippen MR) is 84.6 cm³/mol.